The zero-order chi connectivity index (χ0) is 9.38. The van der Waals surface area contributed by atoms with Gasteiger partial charge in [-0.1, -0.05) is 6.42 Å². The van der Waals surface area contributed by atoms with Crippen LogP contribution in [0.2, 0.25) is 0 Å². The van der Waals surface area contributed by atoms with E-state index < -0.39 is 0 Å². The van der Waals surface area contributed by atoms with Crippen LogP contribution >= 0.6 is 0 Å². The highest BCUT2D eigenvalue weighted by molar-refractivity contribution is 5.12. The number of nitrogens with one attached hydrogen (secondary N) is 1. The smallest absolute Gasteiger partial charge is 0.211 e. The molecule has 1 aromatic heterocycles. The third kappa shape index (κ3) is 1.57. The number of aromatic nitrogens is 1. The first-order valence-electron chi connectivity index (χ1n) is 5.62. The number of nitrogens with zero attached hydrogens (tertiary/aromatic N) is 1. The second-order valence-electron chi connectivity index (χ2n) is 4.39. The third-order valence-electron chi connectivity index (χ3n) is 3.14. The molecule has 0 spiro atoms. The number of hydrogen-bond donors (Lipinski definition) is 1. The molecule has 1 N–H and O–H groups in total. The van der Waals surface area contributed by atoms with E-state index in [0.717, 1.165) is 12.4 Å². The molecule has 2 heterocycles. The molecule has 3 heteroatoms. The molecule has 1 aliphatic heterocycles. The van der Waals surface area contributed by atoms with Crippen molar-refractivity contribution < 1.29 is 4.42 Å². The van der Waals surface area contributed by atoms with Crippen molar-refractivity contribution in [1.82, 2.24) is 10.3 Å². The Morgan fingerprint density at radius 1 is 1.29 bits per heavy atom. The number of piperidine rings is 1. The van der Waals surface area contributed by atoms with Crippen LogP contribution in [0, 0.1) is 0 Å². The number of hydrogen-bond acceptors (Lipinski definition) is 3. The standard InChI is InChI=1S/C11H16N2O/c1-2-6-12-9(3-1)11-13-10(7-14-11)8-4-5-8/h7-9,12H,1-6H2. The molecule has 1 atom stereocenters. The fraction of sp³-hybridized carbons (Fsp3) is 0.727. The molecule has 2 fully saturated rings. The summed E-state index contributed by atoms with van der Waals surface area (Å²) in [4.78, 5) is 4.57. The Bertz CT molecular complexity index is 311. The van der Waals surface area contributed by atoms with Crippen LogP contribution in [0.4, 0.5) is 0 Å². The first kappa shape index (κ1) is 8.48. The van der Waals surface area contributed by atoms with Crippen LogP contribution in [0.3, 0.4) is 0 Å². The van der Waals surface area contributed by atoms with E-state index in [4.69, 9.17) is 4.42 Å². The van der Waals surface area contributed by atoms with Crippen molar-refractivity contribution in [3.05, 3.63) is 17.8 Å². The summed E-state index contributed by atoms with van der Waals surface area (Å²) in [6.07, 6.45) is 8.19. The van der Waals surface area contributed by atoms with Crippen LogP contribution in [-0.2, 0) is 0 Å². The van der Waals surface area contributed by atoms with Crippen LogP contribution in [0.25, 0.3) is 0 Å². The lowest BCUT2D eigenvalue weighted by Gasteiger charge is -2.20. The second kappa shape index (κ2) is 3.39. The molecule has 0 amide bonds. The van der Waals surface area contributed by atoms with Crippen molar-refractivity contribution in [3.8, 4) is 0 Å². The van der Waals surface area contributed by atoms with Crippen molar-refractivity contribution >= 4 is 0 Å². The molecule has 0 bridgehead atoms. The van der Waals surface area contributed by atoms with Crippen molar-refractivity contribution in [1.29, 1.82) is 0 Å². The van der Waals surface area contributed by atoms with Gasteiger partial charge in [-0.3, -0.25) is 0 Å². The lowest BCUT2D eigenvalue weighted by atomic mass is 10.1. The molecule has 0 radical (unpaired) electrons. The molecule has 1 unspecified atom stereocenters. The highest BCUT2D eigenvalue weighted by Crippen LogP contribution is 2.40. The van der Waals surface area contributed by atoms with E-state index in [1.807, 2.05) is 6.26 Å². The zero-order valence-electron chi connectivity index (χ0n) is 8.33. The van der Waals surface area contributed by atoms with Gasteiger partial charge in [0.1, 0.15) is 6.26 Å². The average Bonchev–Trinajstić information content (AvgIpc) is 2.98. The predicted octanol–water partition coefficient (Wildman–Crippen LogP) is 2.37. The molecule has 3 nitrogen and oxygen atoms in total. The largest absolute Gasteiger partial charge is 0.447 e. The van der Waals surface area contributed by atoms with Gasteiger partial charge in [0, 0.05) is 5.92 Å². The fourth-order valence-corrected chi connectivity index (χ4v) is 2.09. The minimum absolute atomic E-state index is 0.372. The summed E-state index contributed by atoms with van der Waals surface area (Å²) >= 11 is 0. The molecule has 1 saturated carbocycles. The molecular formula is C11H16N2O. The number of oxazole rings is 1. The van der Waals surface area contributed by atoms with Gasteiger partial charge in [0.15, 0.2) is 0 Å². The van der Waals surface area contributed by atoms with Crippen molar-refractivity contribution in [2.45, 2.75) is 44.1 Å². The van der Waals surface area contributed by atoms with Gasteiger partial charge in [-0.05, 0) is 32.2 Å². The Hall–Kier alpha value is -0.830. The Morgan fingerprint density at radius 2 is 2.21 bits per heavy atom. The predicted molar refractivity (Wildman–Crippen MR) is 53.1 cm³/mol. The SMILES string of the molecule is c1oc(C2CCCCN2)nc1C1CC1. The quantitative estimate of drug-likeness (QED) is 0.781. The Morgan fingerprint density at radius 3 is 2.93 bits per heavy atom. The van der Waals surface area contributed by atoms with Gasteiger partial charge in [-0.2, -0.15) is 0 Å². The van der Waals surface area contributed by atoms with E-state index in [2.05, 4.69) is 10.3 Å². The summed E-state index contributed by atoms with van der Waals surface area (Å²) in [6, 6.07) is 0.372. The van der Waals surface area contributed by atoms with E-state index >= 15 is 0 Å². The third-order valence-corrected chi connectivity index (χ3v) is 3.14. The van der Waals surface area contributed by atoms with E-state index in [1.165, 1.54) is 37.8 Å². The van der Waals surface area contributed by atoms with Crippen LogP contribution in [0.5, 0.6) is 0 Å². The van der Waals surface area contributed by atoms with Gasteiger partial charge >= 0.3 is 0 Å². The summed E-state index contributed by atoms with van der Waals surface area (Å²) in [5, 5.41) is 3.45. The highest BCUT2D eigenvalue weighted by Gasteiger charge is 2.28. The van der Waals surface area contributed by atoms with Gasteiger partial charge in [0.2, 0.25) is 5.89 Å². The molecule has 1 saturated heterocycles. The average molecular weight is 192 g/mol. The van der Waals surface area contributed by atoms with E-state index in [0.29, 0.717) is 12.0 Å². The van der Waals surface area contributed by atoms with Gasteiger partial charge in [0.25, 0.3) is 0 Å². The fourth-order valence-electron chi connectivity index (χ4n) is 2.09. The monoisotopic (exact) mass is 192 g/mol. The highest BCUT2D eigenvalue weighted by atomic mass is 16.3. The van der Waals surface area contributed by atoms with Gasteiger partial charge < -0.3 is 9.73 Å². The summed E-state index contributed by atoms with van der Waals surface area (Å²) in [5.41, 5.74) is 1.17. The van der Waals surface area contributed by atoms with Gasteiger partial charge in [-0.25, -0.2) is 4.98 Å². The minimum atomic E-state index is 0.372. The molecule has 0 aromatic carbocycles. The van der Waals surface area contributed by atoms with Gasteiger partial charge in [-0.15, -0.1) is 0 Å². The normalized spacial score (nSPS) is 27.9. The molecule has 3 rings (SSSR count). The topological polar surface area (TPSA) is 38.1 Å². The van der Waals surface area contributed by atoms with Crippen LogP contribution in [-0.4, -0.2) is 11.5 Å². The van der Waals surface area contributed by atoms with Crippen LogP contribution < -0.4 is 5.32 Å². The Balaban J connectivity index is 1.74. The second-order valence-corrected chi connectivity index (χ2v) is 4.39. The first-order chi connectivity index (χ1) is 6.93. The zero-order valence-corrected chi connectivity index (χ0v) is 8.33. The van der Waals surface area contributed by atoms with E-state index in [9.17, 15) is 0 Å². The minimum Gasteiger partial charge on any atom is -0.447 e. The summed E-state index contributed by atoms with van der Waals surface area (Å²) in [5.74, 6) is 1.61. The summed E-state index contributed by atoms with van der Waals surface area (Å²) in [7, 11) is 0. The molecule has 2 aliphatic rings. The molecule has 1 aromatic rings. The summed E-state index contributed by atoms with van der Waals surface area (Å²) < 4.78 is 5.53. The maximum absolute atomic E-state index is 5.53. The van der Waals surface area contributed by atoms with E-state index in [1.54, 1.807) is 0 Å². The first-order valence-corrected chi connectivity index (χ1v) is 5.62. The van der Waals surface area contributed by atoms with Crippen molar-refractivity contribution in [2.75, 3.05) is 6.54 Å². The van der Waals surface area contributed by atoms with Crippen LogP contribution in [0.1, 0.15) is 55.6 Å². The van der Waals surface area contributed by atoms with E-state index in [-0.39, 0.29) is 0 Å². The maximum Gasteiger partial charge on any atom is 0.211 e. The van der Waals surface area contributed by atoms with Gasteiger partial charge in [0.05, 0.1) is 11.7 Å². The summed E-state index contributed by atoms with van der Waals surface area (Å²) in [6.45, 7) is 1.10. The van der Waals surface area contributed by atoms with Crippen molar-refractivity contribution in [2.24, 2.45) is 0 Å². The Labute approximate surface area is 83.9 Å². The molecule has 14 heavy (non-hydrogen) atoms. The Kier molecular flexibility index (Phi) is 2.05. The number of rotatable bonds is 2. The molecule has 1 aliphatic carbocycles. The molecule has 76 valence electrons. The lowest BCUT2D eigenvalue weighted by Crippen LogP contribution is -2.26. The molecular weight excluding hydrogens is 176 g/mol. The maximum atomic E-state index is 5.53. The van der Waals surface area contributed by atoms with Crippen molar-refractivity contribution in [3.63, 3.8) is 0 Å². The lowest BCUT2D eigenvalue weighted by molar-refractivity contribution is 0.338. The van der Waals surface area contributed by atoms with Crippen LogP contribution in [0.15, 0.2) is 10.7 Å².